The molecule has 2 aliphatic rings. The summed E-state index contributed by atoms with van der Waals surface area (Å²) in [6.45, 7) is 0. The SMILES string of the molecule is CN1OC2C=CC(B(O)O)=CC2C1=O. The number of nitrogens with zero attached hydrogens (tertiary/aromatic N) is 1. The minimum atomic E-state index is -1.54. The van der Waals surface area contributed by atoms with E-state index in [1.54, 1.807) is 12.2 Å². The van der Waals surface area contributed by atoms with E-state index in [9.17, 15) is 4.79 Å². The van der Waals surface area contributed by atoms with Crippen LogP contribution in [0.3, 0.4) is 0 Å². The summed E-state index contributed by atoms with van der Waals surface area (Å²) in [5.41, 5.74) is 0.332. The summed E-state index contributed by atoms with van der Waals surface area (Å²) in [7, 11) is 0.00287. The van der Waals surface area contributed by atoms with Gasteiger partial charge in [-0.05, 0) is 5.47 Å². The van der Waals surface area contributed by atoms with Crippen LogP contribution in [0.5, 0.6) is 0 Å². The molecule has 0 aromatic heterocycles. The van der Waals surface area contributed by atoms with Crippen LogP contribution in [0.15, 0.2) is 23.7 Å². The van der Waals surface area contributed by atoms with Crippen molar-refractivity contribution >= 4 is 13.0 Å². The van der Waals surface area contributed by atoms with Crippen molar-refractivity contribution in [1.82, 2.24) is 5.06 Å². The first-order chi connectivity index (χ1) is 6.59. The number of carbonyl (C=O) groups is 1. The average Bonchev–Trinajstić information content (AvgIpc) is 2.43. The van der Waals surface area contributed by atoms with Gasteiger partial charge >= 0.3 is 7.12 Å². The molecule has 1 amide bonds. The van der Waals surface area contributed by atoms with E-state index in [1.165, 1.54) is 18.2 Å². The molecule has 1 aliphatic heterocycles. The van der Waals surface area contributed by atoms with E-state index >= 15 is 0 Å². The van der Waals surface area contributed by atoms with E-state index in [2.05, 4.69) is 0 Å². The predicted octanol–water partition coefficient (Wildman–Crippen LogP) is -1.12. The molecule has 0 spiro atoms. The molecule has 0 radical (unpaired) electrons. The summed E-state index contributed by atoms with van der Waals surface area (Å²) >= 11 is 0. The maximum Gasteiger partial charge on any atom is 0.488 e. The molecule has 0 bridgehead atoms. The molecule has 5 nitrogen and oxygen atoms in total. The van der Waals surface area contributed by atoms with Crippen LogP contribution in [0.25, 0.3) is 0 Å². The number of fused-ring (bicyclic) bond motifs is 1. The summed E-state index contributed by atoms with van der Waals surface area (Å²) < 4.78 is 0. The minimum Gasteiger partial charge on any atom is -0.423 e. The van der Waals surface area contributed by atoms with E-state index in [0.29, 0.717) is 5.47 Å². The highest BCUT2D eigenvalue weighted by atomic mass is 16.7. The van der Waals surface area contributed by atoms with Crippen molar-refractivity contribution < 1.29 is 19.7 Å². The molecule has 74 valence electrons. The highest BCUT2D eigenvalue weighted by molar-refractivity contribution is 6.51. The molecule has 1 aliphatic carbocycles. The third-order valence-electron chi connectivity index (χ3n) is 2.38. The van der Waals surface area contributed by atoms with E-state index < -0.39 is 13.0 Å². The molecule has 6 heteroatoms. The van der Waals surface area contributed by atoms with Gasteiger partial charge < -0.3 is 10.0 Å². The standard InChI is InChI=1S/C8H10BNO4/c1-10-8(11)6-4-5(9(12)13)2-3-7(6)14-10/h2-4,6-7,12-13H,1H3. The third kappa shape index (κ3) is 1.37. The van der Waals surface area contributed by atoms with Crippen molar-refractivity contribution in [3.63, 3.8) is 0 Å². The second-order valence-corrected chi connectivity index (χ2v) is 3.33. The Morgan fingerprint density at radius 2 is 2.29 bits per heavy atom. The lowest BCUT2D eigenvalue weighted by Gasteiger charge is -2.13. The van der Waals surface area contributed by atoms with Crippen molar-refractivity contribution in [2.24, 2.45) is 5.92 Å². The molecular formula is C8H10BNO4. The van der Waals surface area contributed by atoms with Crippen molar-refractivity contribution in [3.8, 4) is 0 Å². The second kappa shape index (κ2) is 3.23. The Hall–Kier alpha value is -1.11. The Morgan fingerprint density at radius 1 is 1.57 bits per heavy atom. The quantitative estimate of drug-likeness (QED) is 0.520. The van der Waals surface area contributed by atoms with E-state index in [1.807, 2.05) is 0 Å². The number of rotatable bonds is 1. The van der Waals surface area contributed by atoms with Crippen molar-refractivity contribution in [1.29, 1.82) is 0 Å². The molecule has 0 aromatic carbocycles. The van der Waals surface area contributed by atoms with Crippen LogP contribution >= 0.6 is 0 Å². The summed E-state index contributed by atoms with van der Waals surface area (Å²) in [6.07, 6.45) is 4.43. The van der Waals surface area contributed by atoms with Crippen LogP contribution in [0.4, 0.5) is 0 Å². The van der Waals surface area contributed by atoms with Crippen LogP contribution in [0, 0.1) is 5.92 Å². The Kier molecular flexibility index (Phi) is 2.18. The highest BCUT2D eigenvalue weighted by Gasteiger charge is 2.39. The molecule has 2 N–H and O–H groups in total. The van der Waals surface area contributed by atoms with Gasteiger partial charge in [0.2, 0.25) is 0 Å². The van der Waals surface area contributed by atoms with Crippen LogP contribution in [0.1, 0.15) is 0 Å². The highest BCUT2D eigenvalue weighted by Crippen LogP contribution is 2.28. The maximum absolute atomic E-state index is 11.5. The van der Waals surface area contributed by atoms with Gasteiger partial charge in [0.05, 0.1) is 5.92 Å². The summed E-state index contributed by atoms with van der Waals surface area (Å²) in [4.78, 5) is 16.7. The van der Waals surface area contributed by atoms with Crippen molar-refractivity contribution in [2.45, 2.75) is 6.10 Å². The fraction of sp³-hybridized carbons (Fsp3) is 0.375. The number of hydrogen-bond acceptors (Lipinski definition) is 4. The van der Waals surface area contributed by atoms with Gasteiger partial charge in [-0.1, -0.05) is 18.2 Å². The van der Waals surface area contributed by atoms with Gasteiger partial charge in [0.1, 0.15) is 6.10 Å². The first-order valence-corrected chi connectivity index (χ1v) is 4.30. The summed E-state index contributed by atoms with van der Waals surface area (Å²) in [5, 5.41) is 19.0. The average molecular weight is 195 g/mol. The molecule has 0 saturated carbocycles. The molecule has 2 unspecified atom stereocenters. The monoisotopic (exact) mass is 195 g/mol. The van der Waals surface area contributed by atoms with Gasteiger partial charge in [-0.15, -0.1) is 0 Å². The largest absolute Gasteiger partial charge is 0.488 e. The van der Waals surface area contributed by atoms with Crippen LogP contribution in [-0.2, 0) is 9.63 Å². The predicted molar refractivity (Wildman–Crippen MR) is 48.5 cm³/mol. The van der Waals surface area contributed by atoms with Gasteiger partial charge in [-0.25, -0.2) is 5.06 Å². The maximum atomic E-state index is 11.5. The summed E-state index contributed by atoms with van der Waals surface area (Å²) in [6, 6.07) is 0. The Morgan fingerprint density at radius 3 is 2.93 bits per heavy atom. The number of allylic oxidation sites excluding steroid dienone is 2. The Bertz CT molecular complexity index is 325. The molecule has 0 aromatic rings. The minimum absolute atomic E-state index is 0.169. The topological polar surface area (TPSA) is 70.0 Å². The van der Waals surface area contributed by atoms with E-state index in [-0.39, 0.29) is 12.0 Å². The number of amides is 1. The number of hydroxylamine groups is 2. The van der Waals surface area contributed by atoms with E-state index in [0.717, 1.165) is 0 Å². The van der Waals surface area contributed by atoms with Gasteiger partial charge in [-0.3, -0.25) is 9.63 Å². The number of hydrogen-bond donors (Lipinski definition) is 2. The second-order valence-electron chi connectivity index (χ2n) is 3.33. The van der Waals surface area contributed by atoms with E-state index in [4.69, 9.17) is 14.9 Å². The zero-order valence-corrected chi connectivity index (χ0v) is 7.62. The fourth-order valence-corrected chi connectivity index (χ4v) is 1.61. The molecular weight excluding hydrogens is 185 g/mol. The van der Waals surface area contributed by atoms with Crippen LogP contribution in [-0.4, -0.2) is 41.3 Å². The Labute approximate surface area is 81.4 Å². The van der Waals surface area contributed by atoms with Gasteiger partial charge in [0, 0.05) is 7.05 Å². The molecule has 2 atom stereocenters. The van der Waals surface area contributed by atoms with Crippen molar-refractivity contribution in [2.75, 3.05) is 7.05 Å². The smallest absolute Gasteiger partial charge is 0.423 e. The van der Waals surface area contributed by atoms with Crippen LogP contribution < -0.4 is 0 Å². The lowest BCUT2D eigenvalue weighted by Crippen LogP contribution is -2.25. The molecule has 14 heavy (non-hydrogen) atoms. The molecule has 1 fully saturated rings. The van der Waals surface area contributed by atoms with Gasteiger partial charge in [-0.2, -0.15) is 0 Å². The lowest BCUT2D eigenvalue weighted by atomic mass is 9.74. The fourth-order valence-electron chi connectivity index (χ4n) is 1.61. The molecule has 2 rings (SSSR count). The molecule has 1 saturated heterocycles. The first-order valence-electron chi connectivity index (χ1n) is 4.30. The van der Waals surface area contributed by atoms with Gasteiger partial charge in [0.25, 0.3) is 5.91 Å². The lowest BCUT2D eigenvalue weighted by molar-refractivity contribution is -0.159. The van der Waals surface area contributed by atoms with Crippen molar-refractivity contribution in [3.05, 3.63) is 23.7 Å². The first kappa shape index (κ1) is 9.45. The zero-order chi connectivity index (χ0) is 10.3. The molecule has 1 heterocycles. The summed E-state index contributed by atoms with van der Waals surface area (Å²) in [5.74, 6) is -0.598. The van der Waals surface area contributed by atoms with Crippen LogP contribution in [0.2, 0.25) is 0 Å². The van der Waals surface area contributed by atoms with Gasteiger partial charge in [0.15, 0.2) is 0 Å². The number of carbonyl (C=O) groups excluding carboxylic acids is 1. The third-order valence-corrected chi connectivity index (χ3v) is 2.38. The normalized spacial score (nSPS) is 30.4. The zero-order valence-electron chi connectivity index (χ0n) is 7.62. The Balaban J connectivity index is 2.25.